The van der Waals surface area contributed by atoms with E-state index in [2.05, 4.69) is 0 Å². The molecule has 1 aromatic carbocycles. The Morgan fingerprint density at radius 2 is 1.67 bits per heavy atom. The van der Waals surface area contributed by atoms with Gasteiger partial charge in [0, 0.05) is 19.9 Å². The van der Waals surface area contributed by atoms with Crippen LogP contribution >= 0.6 is 0 Å². The normalized spacial score (nSPS) is 10.5. The molecule has 21 heavy (non-hydrogen) atoms. The Morgan fingerprint density at radius 3 is 2.00 bits per heavy atom. The van der Waals surface area contributed by atoms with Gasteiger partial charge >= 0.3 is 29.6 Å². The van der Waals surface area contributed by atoms with Gasteiger partial charge in [-0.2, -0.15) is 0 Å². The number of ether oxygens (including phenoxy) is 1. The first-order valence-corrected chi connectivity index (χ1v) is 6.96. The van der Waals surface area contributed by atoms with Crippen LogP contribution in [0.3, 0.4) is 0 Å². The monoisotopic (exact) mass is 323 g/mol. The summed E-state index contributed by atoms with van der Waals surface area (Å²) in [6.07, 6.45) is 0. The third-order valence-corrected chi connectivity index (χ3v) is 3.59. The van der Waals surface area contributed by atoms with Crippen LogP contribution in [0, 0.1) is 6.92 Å². The molecule has 1 rings (SSSR count). The number of imide groups is 1. The summed E-state index contributed by atoms with van der Waals surface area (Å²) >= 11 is 0. The van der Waals surface area contributed by atoms with Crippen molar-refractivity contribution in [2.45, 2.75) is 25.7 Å². The molecule has 0 bridgehead atoms. The van der Waals surface area contributed by atoms with Crippen molar-refractivity contribution in [3.05, 3.63) is 17.7 Å². The van der Waals surface area contributed by atoms with Crippen molar-refractivity contribution in [2.75, 3.05) is 12.0 Å². The number of rotatable bonds is 3. The van der Waals surface area contributed by atoms with E-state index in [9.17, 15) is 22.6 Å². The summed E-state index contributed by atoms with van der Waals surface area (Å²) in [5.74, 6) is -1.14. The number of aryl methyl sites for hydroxylation is 1. The molecule has 9 heteroatoms. The van der Waals surface area contributed by atoms with Crippen molar-refractivity contribution < 1.29 is 56.9 Å². The fourth-order valence-electron chi connectivity index (χ4n) is 1.82. The molecule has 2 amide bonds. The van der Waals surface area contributed by atoms with Gasteiger partial charge in [0.25, 0.3) is 0 Å². The molecule has 0 aromatic heterocycles. The molecule has 0 unspecified atom stereocenters. The second kappa shape index (κ2) is 7.37. The van der Waals surface area contributed by atoms with Crippen LogP contribution in [-0.4, -0.2) is 31.9 Å². The molecule has 0 N–H and O–H groups in total. The maximum Gasteiger partial charge on any atom is 1.00 e. The Balaban J connectivity index is 0.00000400. The van der Waals surface area contributed by atoms with Crippen molar-refractivity contribution in [1.29, 1.82) is 0 Å². The van der Waals surface area contributed by atoms with Crippen LogP contribution in [-0.2, 0) is 19.7 Å². The number of amides is 2. The average molecular weight is 323 g/mol. The zero-order valence-electron chi connectivity index (χ0n) is 12.5. The van der Waals surface area contributed by atoms with Crippen LogP contribution in [0.25, 0.3) is 0 Å². The van der Waals surface area contributed by atoms with E-state index in [4.69, 9.17) is 4.74 Å². The predicted molar refractivity (Wildman–Crippen MR) is 69.5 cm³/mol. The molecular formula is C12H14NNaO6S. The molecule has 0 aliphatic rings. The minimum absolute atomic E-state index is 0. The van der Waals surface area contributed by atoms with Gasteiger partial charge < -0.3 is 9.29 Å². The van der Waals surface area contributed by atoms with Crippen LogP contribution in [0.1, 0.15) is 19.4 Å². The molecule has 0 aliphatic carbocycles. The fourth-order valence-corrected chi connectivity index (χ4v) is 2.53. The molecule has 0 saturated carbocycles. The van der Waals surface area contributed by atoms with Crippen LogP contribution in [0.4, 0.5) is 5.69 Å². The van der Waals surface area contributed by atoms with E-state index in [0.29, 0.717) is 0 Å². The van der Waals surface area contributed by atoms with Crippen molar-refractivity contribution in [3.8, 4) is 5.75 Å². The molecule has 1 aromatic rings. The maximum absolute atomic E-state index is 11.5. The van der Waals surface area contributed by atoms with E-state index in [1.54, 1.807) is 0 Å². The van der Waals surface area contributed by atoms with Crippen molar-refractivity contribution in [1.82, 2.24) is 0 Å². The Labute approximate surface area is 145 Å². The minimum Gasteiger partial charge on any atom is -0.744 e. The topological polar surface area (TPSA) is 104 Å². The third-order valence-electron chi connectivity index (χ3n) is 2.62. The molecular weight excluding hydrogens is 309 g/mol. The number of methoxy groups -OCH3 is 1. The Morgan fingerprint density at radius 1 is 1.19 bits per heavy atom. The maximum atomic E-state index is 11.5. The average Bonchev–Trinajstić information content (AvgIpc) is 2.26. The fraction of sp³-hybridized carbons (Fsp3) is 0.333. The summed E-state index contributed by atoms with van der Waals surface area (Å²) < 4.78 is 38.3. The van der Waals surface area contributed by atoms with E-state index in [1.165, 1.54) is 33.9 Å². The summed E-state index contributed by atoms with van der Waals surface area (Å²) in [7, 11) is -3.42. The Hall–Kier alpha value is -0.930. The quantitative estimate of drug-likeness (QED) is 0.462. The Bertz CT molecular complexity index is 657. The van der Waals surface area contributed by atoms with Crippen LogP contribution < -0.4 is 39.2 Å². The summed E-state index contributed by atoms with van der Waals surface area (Å²) in [6.45, 7) is 3.77. The van der Waals surface area contributed by atoms with Gasteiger partial charge in [0.15, 0.2) is 0 Å². The molecule has 0 spiro atoms. The second-order valence-corrected chi connectivity index (χ2v) is 5.47. The molecule has 0 heterocycles. The molecule has 7 nitrogen and oxygen atoms in total. The van der Waals surface area contributed by atoms with Gasteiger partial charge in [-0.3, -0.25) is 9.59 Å². The summed E-state index contributed by atoms with van der Waals surface area (Å²) in [5, 5.41) is 0. The Kier molecular flexibility index (Phi) is 7.04. The van der Waals surface area contributed by atoms with E-state index < -0.39 is 26.8 Å². The van der Waals surface area contributed by atoms with E-state index in [0.717, 1.165) is 11.0 Å². The van der Waals surface area contributed by atoms with E-state index >= 15 is 0 Å². The van der Waals surface area contributed by atoms with Crippen molar-refractivity contribution >= 4 is 27.6 Å². The number of nitrogens with zero attached hydrogens (tertiary/aromatic N) is 1. The summed E-state index contributed by atoms with van der Waals surface area (Å²) in [5.41, 5.74) is 0.223. The largest absolute Gasteiger partial charge is 1.00 e. The standard InChI is InChI=1S/C12H15NO6S.Na/c1-7-5-10(13(8(2)14)9(3)15)11(19-4)6-12(7)20(16,17)18;/h5-6H,1-4H3,(H,16,17,18);/q;+1/p-1. The minimum atomic E-state index is -4.67. The first-order valence-electron chi connectivity index (χ1n) is 5.55. The van der Waals surface area contributed by atoms with Crippen molar-refractivity contribution in [2.24, 2.45) is 0 Å². The number of carbonyl (C=O) groups excluding carboxylic acids is 2. The van der Waals surface area contributed by atoms with E-state index in [-0.39, 0.29) is 46.6 Å². The number of hydrogen-bond acceptors (Lipinski definition) is 6. The first kappa shape index (κ1) is 20.1. The first-order chi connectivity index (χ1) is 9.09. The number of hydrogen-bond donors (Lipinski definition) is 0. The molecule has 0 radical (unpaired) electrons. The van der Waals surface area contributed by atoms with Gasteiger partial charge in [-0.15, -0.1) is 0 Å². The second-order valence-electron chi connectivity index (χ2n) is 4.12. The molecule has 0 aliphatic heterocycles. The van der Waals surface area contributed by atoms with Gasteiger partial charge in [0.1, 0.15) is 15.9 Å². The van der Waals surface area contributed by atoms with Gasteiger partial charge in [0.2, 0.25) is 11.8 Å². The smallest absolute Gasteiger partial charge is 0.744 e. The summed E-state index contributed by atoms with van der Waals surface area (Å²) in [6, 6.07) is 2.26. The molecule has 0 atom stereocenters. The van der Waals surface area contributed by atoms with Crippen LogP contribution in [0.2, 0.25) is 0 Å². The van der Waals surface area contributed by atoms with Gasteiger partial charge in [0.05, 0.1) is 17.7 Å². The van der Waals surface area contributed by atoms with Gasteiger partial charge in [-0.25, -0.2) is 13.3 Å². The van der Waals surface area contributed by atoms with Gasteiger partial charge in [-0.1, -0.05) is 0 Å². The predicted octanol–water partition coefficient (Wildman–Crippen LogP) is -2.19. The third kappa shape index (κ3) is 4.52. The number of anilines is 1. The van der Waals surface area contributed by atoms with Crippen LogP contribution in [0.15, 0.2) is 17.0 Å². The molecule has 0 fully saturated rings. The van der Waals surface area contributed by atoms with E-state index in [1.807, 2.05) is 0 Å². The SMILES string of the molecule is COc1cc(S(=O)(=O)[O-])c(C)cc1N(C(C)=O)C(C)=O.[Na+]. The van der Waals surface area contributed by atoms with Crippen molar-refractivity contribution in [3.63, 3.8) is 0 Å². The molecule has 110 valence electrons. The number of benzene rings is 1. The number of carbonyl (C=O) groups is 2. The van der Waals surface area contributed by atoms with Gasteiger partial charge in [-0.05, 0) is 18.6 Å². The zero-order chi connectivity index (χ0) is 15.7. The molecule has 0 saturated heterocycles. The zero-order valence-corrected chi connectivity index (χ0v) is 15.3. The summed E-state index contributed by atoms with van der Waals surface area (Å²) in [4.78, 5) is 23.4. The van der Waals surface area contributed by atoms with Crippen LogP contribution in [0.5, 0.6) is 5.75 Å².